The van der Waals surface area contributed by atoms with Crippen LogP contribution in [0.3, 0.4) is 0 Å². The number of para-hydroxylation sites is 1. The fourth-order valence-electron chi connectivity index (χ4n) is 3.42. The summed E-state index contributed by atoms with van der Waals surface area (Å²) in [5.74, 6) is -1.54. The van der Waals surface area contributed by atoms with Crippen molar-refractivity contribution in [2.45, 2.75) is 17.6 Å². The summed E-state index contributed by atoms with van der Waals surface area (Å²) < 4.78 is 33.5. The number of anilines is 1. The maximum Gasteiger partial charge on any atom is 0.264 e. The number of pyridine rings is 1. The van der Waals surface area contributed by atoms with Crippen molar-refractivity contribution >= 4 is 32.5 Å². The lowest BCUT2D eigenvalue weighted by molar-refractivity contribution is -0.259. The Labute approximate surface area is 174 Å². The number of amides is 1. The zero-order valence-electron chi connectivity index (χ0n) is 16.3. The summed E-state index contributed by atoms with van der Waals surface area (Å²) in [7, 11) is -3.86. The van der Waals surface area contributed by atoms with Gasteiger partial charge in [0, 0.05) is 29.4 Å². The lowest BCUT2D eigenvalue weighted by Crippen LogP contribution is -2.64. The maximum absolute atomic E-state index is 12.9. The highest BCUT2D eigenvalue weighted by Crippen LogP contribution is 2.26. The normalized spacial score (nSPS) is 15.6. The molecule has 9 heteroatoms. The van der Waals surface area contributed by atoms with Crippen molar-refractivity contribution in [2.75, 3.05) is 24.4 Å². The summed E-state index contributed by atoms with van der Waals surface area (Å²) in [6.07, 6.45) is 1.55. The minimum atomic E-state index is -3.86. The number of likely N-dealkylation sites (tertiary alicyclic amines) is 1. The van der Waals surface area contributed by atoms with Crippen LogP contribution in [0.2, 0.25) is 0 Å². The number of benzene rings is 2. The molecule has 2 heterocycles. The Morgan fingerprint density at radius 2 is 1.87 bits per heavy atom. The van der Waals surface area contributed by atoms with E-state index in [9.17, 15) is 18.3 Å². The van der Waals surface area contributed by atoms with Crippen molar-refractivity contribution in [3.8, 4) is 0 Å². The smallest absolute Gasteiger partial charge is 0.264 e. The number of nitrogens with zero attached hydrogens (tertiary/aromatic N) is 2. The van der Waals surface area contributed by atoms with E-state index in [0.717, 1.165) is 5.39 Å². The Kier molecular flexibility index (Phi) is 5.19. The predicted molar refractivity (Wildman–Crippen MR) is 111 cm³/mol. The molecule has 0 unspecified atom stereocenters. The van der Waals surface area contributed by atoms with Gasteiger partial charge in [0.15, 0.2) is 0 Å². The Bertz CT molecular complexity index is 1180. The number of aromatic nitrogens is 1. The molecule has 0 radical (unpaired) electrons. The summed E-state index contributed by atoms with van der Waals surface area (Å²) in [4.78, 5) is 18.2. The molecule has 1 amide bonds. The third-order valence-corrected chi connectivity index (χ3v) is 6.26. The van der Waals surface area contributed by atoms with Crippen LogP contribution in [0.4, 0.5) is 5.69 Å². The van der Waals surface area contributed by atoms with Gasteiger partial charge in [-0.2, -0.15) is 0 Å². The molecule has 0 bridgehead atoms. The van der Waals surface area contributed by atoms with E-state index >= 15 is 0 Å². The van der Waals surface area contributed by atoms with Gasteiger partial charge in [-0.15, -0.1) is 0 Å². The van der Waals surface area contributed by atoms with Crippen LogP contribution in [-0.4, -0.2) is 54.8 Å². The Morgan fingerprint density at radius 3 is 2.57 bits per heavy atom. The van der Waals surface area contributed by atoms with Gasteiger partial charge in [0.05, 0.1) is 18.6 Å². The highest BCUT2D eigenvalue weighted by molar-refractivity contribution is 7.93. The average Bonchev–Trinajstić information content (AvgIpc) is 2.71. The molecule has 4 rings (SSSR count). The molecule has 0 spiro atoms. The van der Waals surface area contributed by atoms with Crippen molar-refractivity contribution in [2.24, 2.45) is 0 Å². The standard InChI is InChI=1S/C21H21N3O5S/c1-2-29-21(26)13-24(14-21)20(25)16-8-10-17(11-9-16)23-30(27,28)18-7-3-5-15-6-4-12-22-19(15)18/h3-12,23,26H,2,13-14H2,1H3. The van der Waals surface area contributed by atoms with Crippen LogP contribution < -0.4 is 4.72 Å². The average molecular weight is 427 g/mol. The van der Waals surface area contributed by atoms with E-state index in [-0.39, 0.29) is 23.9 Å². The molecule has 1 aliphatic rings. The Morgan fingerprint density at radius 1 is 1.17 bits per heavy atom. The topological polar surface area (TPSA) is 109 Å². The van der Waals surface area contributed by atoms with E-state index in [1.807, 2.05) is 0 Å². The van der Waals surface area contributed by atoms with Gasteiger partial charge in [-0.25, -0.2) is 8.42 Å². The van der Waals surface area contributed by atoms with Crippen LogP contribution in [0.15, 0.2) is 65.7 Å². The summed E-state index contributed by atoms with van der Waals surface area (Å²) >= 11 is 0. The fourth-order valence-corrected chi connectivity index (χ4v) is 4.66. The highest BCUT2D eigenvalue weighted by atomic mass is 32.2. The van der Waals surface area contributed by atoms with E-state index in [0.29, 0.717) is 23.4 Å². The minimum absolute atomic E-state index is 0.0801. The number of carbonyl (C=O) groups is 1. The van der Waals surface area contributed by atoms with Crippen LogP contribution in [0, 0.1) is 0 Å². The van der Waals surface area contributed by atoms with Gasteiger partial charge in [-0.1, -0.05) is 18.2 Å². The van der Waals surface area contributed by atoms with Crippen LogP contribution >= 0.6 is 0 Å². The zero-order chi connectivity index (χ0) is 21.4. The number of rotatable bonds is 6. The largest absolute Gasteiger partial charge is 0.363 e. The van der Waals surface area contributed by atoms with Crippen LogP contribution in [0.25, 0.3) is 10.9 Å². The van der Waals surface area contributed by atoms with Gasteiger partial charge in [-0.05, 0) is 43.3 Å². The minimum Gasteiger partial charge on any atom is -0.363 e. The quantitative estimate of drug-likeness (QED) is 0.584. The first-order valence-electron chi connectivity index (χ1n) is 9.43. The van der Waals surface area contributed by atoms with E-state index in [2.05, 4.69) is 9.71 Å². The van der Waals surface area contributed by atoms with Crippen LogP contribution in [0.5, 0.6) is 0 Å². The molecule has 0 aliphatic carbocycles. The molecule has 2 N–H and O–H groups in total. The van der Waals surface area contributed by atoms with Gasteiger partial charge in [0.25, 0.3) is 15.9 Å². The Hall–Kier alpha value is -3.01. The number of fused-ring (bicyclic) bond motifs is 1. The third-order valence-electron chi connectivity index (χ3n) is 4.85. The SMILES string of the molecule is CCOC1(O)CN(C(=O)c2ccc(NS(=O)(=O)c3cccc4cccnc34)cc2)C1. The molecule has 0 atom stereocenters. The maximum atomic E-state index is 12.9. The molecule has 2 aromatic carbocycles. The summed E-state index contributed by atoms with van der Waals surface area (Å²) in [6, 6.07) is 14.6. The molecule has 1 aromatic heterocycles. The van der Waals surface area contributed by atoms with Gasteiger partial charge < -0.3 is 14.7 Å². The molecule has 1 saturated heterocycles. The van der Waals surface area contributed by atoms with Crippen molar-refractivity contribution in [1.29, 1.82) is 0 Å². The van der Waals surface area contributed by atoms with E-state index in [4.69, 9.17) is 4.74 Å². The molecule has 3 aromatic rings. The molecule has 30 heavy (non-hydrogen) atoms. The second-order valence-electron chi connectivity index (χ2n) is 7.05. The number of ether oxygens (including phenoxy) is 1. The second-order valence-corrected chi connectivity index (χ2v) is 8.71. The van der Waals surface area contributed by atoms with Crippen LogP contribution in [0.1, 0.15) is 17.3 Å². The predicted octanol–water partition coefficient (Wildman–Crippen LogP) is 2.22. The van der Waals surface area contributed by atoms with E-state index in [1.165, 1.54) is 23.1 Å². The lowest BCUT2D eigenvalue weighted by Gasteiger charge is -2.45. The summed E-state index contributed by atoms with van der Waals surface area (Å²) in [5, 5.41) is 10.8. The number of aliphatic hydroxyl groups is 1. The molecular weight excluding hydrogens is 406 g/mol. The summed E-state index contributed by atoms with van der Waals surface area (Å²) in [5.41, 5.74) is 1.11. The van der Waals surface area contributed by atoms with E-state index < -0.39 is 15.8 Å². The number of sulfonamides is 1. The molecule has 0 saturated carbocycles. The first-order chi connectivity index (χ1) is 14.3. The summed E-state index contributed by atoms with van der Waals surface area (Å²) in [6.45, 7) is 2.33. The van der Waals surface area contributed by atoms with Crippen LogP contribution in [-0.2, 0) is 14.8 Å². The number of carbonyl (C=O) groups excluding carboxylic acids is 1. The van der Waals surface area contributed by atoms with E-state index in [1.54, 1.807) is 49.5 Å². The molecule has 8 nitrogen and oxygen atoms in total. The van der Waals surface area contributed by atoms with Gasteiger partial charge in [0.2, 0.25) is 5.79 Å². The van der Waals surface area contributed by atoms with Crippen molar-refractivity contribution in [1.82, 2.24) is 9.88 Å². The molecule has 1 fully saturated rings. The fraction of sp³-hybridized carbons (Fsp3) is 0.238. The number of nitrogens with one attached hydrogen (secondary N) is 1. The molecular formula is C21H21N3O5S. The van der Waals surface area contributed by atoms with Crippen molar-refractivity contribution < 1.29 is 23.1 Å². The van der Waals surface area contributed by atoms with Gasteiger partial charge in [0.1, 0.15) is 4.90 Å². The number of hydrogen-bond acceptors (Lipinski definition) is 6. The Balaban J connectivity index is 1.49. The second kappa shape index (κ2) is 7.67. The first-order valence-corrected chi connectivity index (χ1v) is 10.9. The van der Waals surface area contributed by atoms with Crippen molar-refractivity contribution in [3.05, 3.63) is 66.4 Å². The molecule has 1 aliphatic heterocycles. The molecule has 156 valence electrons. The number of hydrogen-bond donors (Lipinski definition) is 2. The zero-order valence-corrected chi connectivity index (χ0v) is 17.1. The third kappa shape index (κ3) is 3.87. The lowest BCUT2D eigenvalue weighted by atomic mass is 10.1. The number of β-amino-alcohol motifs (C(OH)–C–C–N with tert-alkyl or cyclic N) is 1. The highest BCUT2D eigenvalue weighted by Gasteiger charge is 2.44. The van der Waals surface area contributed by atoms with Gasteiger partial charge >= 0.3 is 0 Å². The monoisotopic (exact) mass is 427 g/mol. The van der Waals surface area contributed by atoms with Gasteiger partial charge in [-0.3, -0.25) is 14.5 Å². The first kappa shape index (κ1) is 20.3. The van der Waals surface area contributed by atoms with Crippen molar-refractivity contribution in [3.63, 3.8) is 0 Å².